The Morgan fingerprint density at radius 1 is 0.868 bits per heavy atom. The Kier molecular flexibility index (Phi) is 7.58. The zero-order chi connectivity index (χ0) is 26.7. The van der Waals surface area contributed by atoms with Crippen LogP contribution in [0.3, 0.4) is 0 Å². The quantitative estimate of drug-likeness (QED) is 0.564. The van der Waals surface area contributed by atoms with Crippen molar-refractivity contribution in [2.45, 2.75) is 52.4 Å². The zero-order valence-corrected chi connectivity index (χ0v) is 22.4. The van der Waals surface area contributed by atoms with Crippen LogP contribution < -0.4 is 14.8 Å². The lowest BCUT2D eigenvalue weighted by molar-refractivity contribution is -0.130. The van der Waals surface area contributed by atoms with Gasteiger partial charge in [-0.15, -0.1) is 0 Å². The third-order valence-electron chi connectivity index (χ3n) is 8.16. The highest BCUT2D eigenvalue weighted by Gasteiger charge is 2.42. The first-order chi connectivity index (χ1) is 18.3. The average Bonchev–Trinajstić information content (AvgIpc) is 3.17. The van der Waals surface area contributed by atoms with E-state index in [0.717, 1.165) is 36.9 Å². The van der Waals surface area contributed by atoms with Crippen molar-refractivity contribution >= 4 is 23.4 Å². The van der Waals surface area contributed by atoms with Gasteiger partial charge in [-0.1, -0.05) is 17.7 Å². The summed E-state index contributed by atoms with van der Waals surface area (Å²) in [4.78, 5) is 42.4. The Labute approximate surface area is 224 Å². The highest BCUT2D eigenvalue weighted by molar-refractivity contribution is 5.98. The van der Waals surface area contributed by atoms with Gasteiger partial charge in [0.1, 0.15) is 0 Å². The van der Waals surface area contributed by atoms with Gasteiger partial charge >= 0.3 is 6.03 Å². The number of fused-ring (bicyclic) bond motifs is 1. The first-order valence-electron chi connectivity index (χ1n) is 13.7. The molecule has 0 saturated carbocycles. The number of carbonyl (C=O) groups excluding carboxylic acids is 3. The summed E-state index contributed by atoms with van der Waals surface area (Å²) in [6.07, 6.45) is 3.89. The molecule has 3 aliphatic rings. The minimum absolute atomic E-state index is 0.0274. The molecule has 8 nitrogen and oxygen atoms in total. The van der Waals surface area contributed by atoms with Gasteiger partial charge in [-0.05, 0) is 68.4 Å². The number of likely N-dealkylation sites (tertiary alicyclic amines) is 2. The van der Waals surface area contributed by atoms with Gasteiger partial charge in [-0.25, -0.2) is 4.79 Å². The summed E-state index contributed by atoms with van der Waals surface area (Å²) in [6, 6.07) is 11.2. The van der Waals surface area contributed by atoms with Gasteiger partial charge in [0.2, 0.25) is 5.91 Å². The summed E-state index contributed by atoms with van der Waals surface area (Å²) >= 11 is 0. The molecule has 0 unspecified atom stereocenters. The van der Waals surface area contributed by atoms with Gasteiger partial charge in [0, 0.05) is 56.7 Å². The van der Waals surface area contributed by atoms with Crippen molar-refractivity contribution in [1.29, 1.82) is 0 Å². The number of piperidine rings is 1. The zero-order valence-electron chi connectivity index (χ0n) is 22.4. The number of aryl methyl sites for hydroxylation is 2. The van der Waals surface area contributed by atoms with E-state index < -0.39 is 0 Å². The fourth-order valence-corrected chi connectivity index (χ4v) is 5.75. The van der Waals surface area contributed by atoms with Gasteiger partial charge in [-0.3, -0.25) is 9.59 Å². The maximum atomic E-state index is 13.0. The van der Waals surface area contributed by atoms with Crippen LogP contribution in [0, 0.1) is 19.3 Å². The largest absolute Gasteiger partial charge is 0.490 e. The van der Waals surface area contributed by atoms with Crippen LogP contribution in [0.15, 0.2) is 36.4 Å². The van der Waals surface area contributed by atoms with E-state index in [4.69, 9.17) is 9.47 Å². The Hall–Kier alpha value is -3.55. The third-order valence-corrected chi connectivity index (χ3v) is 8.16. The summed E-state index contributed by atoms with van der Waals surface area (Å²) in [5.41, 5.74) is 3.68. The van der Waals surface area contributed by atoms with Crippen molar-refractivity contribution < 1.29 is 23.9 Å². The topological polar surface area (TPSA) is 88.2 Å². The highest BCUT2D eigenvalue weighted by Crippen LogP contribution is 2.41. The average molecular weight is 520 g/mol. The lowest BCUT2D eigenvalue weighted by atomic mass is 9.78. The highest BCUT2D eigenvalue weighted by atomic mass is 16.5. The van der Waals surface area contributed by atoms with Crippen molar-refractivity contribution in [3.63, 3.8) is 0 Å². The number of nitrogens with zero attached hydrogens (tertiary/aromatic N) is 2. The maximum absolute atomic E-state index is 13.0. The van der Waals surface area contributed by atoms with Crippen LogP contribution in [0.25, 0.3) is 0 Å². The van der Waals surface area contributed by atoms with E-state index in [0.29, 0.717) is 56.5 Å². The molecule has 3 heterocycles. The Bertz CT molecular complexity index is 1220. The number of ether oxygens (including phenoxy) is 2. The normalized spacial score (nSPS) is 18.3. The van der Waals surface area contributed by atoms with E-state index in [1.165, 1.54) is 5.56 Å². The number of hydrogen-bond donors (Lipinski definition) is 1. The molecule has 0 atom stereocenters. The SMILES string of the molecule is Cc1ccc(NC(=O)N2CCC3(CCN(C(=O)CCC(=O)c4ccc5c(c4)OCCCO5)C3)CC2)c(C)c1. The van der Waals surface area contributed by atoms with Crippen LogP contribution >= 0.6 is 0 Å². The lowest BCUT2D eigenvalue weighted by Gasteiger charge is -2.39. The molecule has 0 aliphatic carbocycles. The van der Waals surface area contributed by atoms with Crippen LogP contribution in [0.5, 0.6) is 11.5 Å². The molecule has 8 heteroatoms. The van der Waals surface area contributed by atoms with Gasteiger partial charge in [0.05, 0.1) is 13.2 Å². The first kappa shape index (κ1) is 26.1. The molecule has 2 fully saturated rings. The van der Waals surface area contributed by atoms with E-state index in [2.05, 4.69) is 11.4 Å². The molecule has 1 spiro atoms. The Morgan fingerprint density at radius 2 is 1.58 bits per heavy atom. The molecule has 1 N–H and O–H groups in total. The molecule has 0 aromatic heterocycles. The van der Waals surface area contributed by atoms with Crippen LogP contribution in [0.2, 0.25) is 0 Å². The molecule has 2 aromatic rings. The summed E-state index contributed by atoms with van der Waals surface area (Å²) in [5, 5.41) is 3.05. The summed E-state index contributed by atoms with van der Waals surface area (Å²) in [6.45, 7) is 7.99. The number of hydrogen-bond acceptors (Lipinski definition) is 5. The number of urea groups is 1. The van der Waals surface area contributed by atoms with Crippen LogP contribution in [0.1, 0.15) is 60.0 Å². The Morgan fingerprint density at radius 3 is 2.32 bits per heavy atom. The number of rotatable bonds is 5. The smallest absolute Gasteiger partial charge is 0.321 e. The molecule has 202 valence electrons. The van der Waals surface area contributed by atoms with Crippen LogP contribution in [0.4, 0.5) is 10.5 Å². The second-order valence-corrected chi connectivity index (χ2v) is 10.9. The molecule has 0 radical (unpaired) electrons. The van der Waals surface area contributed by atoms with Crippen molar-refractivity contribution in [2.75, 3.05) is 44.7 Å². The molecule has 0 bridgehead atoms. The van der Waals surface area contributed by atoms with E-state index in [9.17, 15) is 14.4 Å². The van der Waals surface area contributed by atoms with Gasteiger partial charge in [0.25, 0.3) is 0 Å². The Balaban J connectivity index is 1.09. The summed E-state index contributed by atoms with van der Waals surface area (Å²) < 4.78 is 11.3. The van der Waals surface area contributed by atoms with Crippen molar-refractivity contribution in [3.8, 4) is 11.5 Å². The molecular weight excluding hydrogens is 482 g/mol. The third kappa shape index (κ3) is 5.79. The lowest BCUT2D eigenvalue weighted by Crippen LogP contribution is -2.46. The van der Waals surface area contributed by atoms with Gasteiger partial charge in [-0.2, -0.15) is 0 Å². The number of amides is 3. The minimum Gasteiger partial charge on any atom is -0.490 e. The van der Waals surface area contributed by atoms with E-state index >= 15 is 0 Å². The molecule has 3 amide bonds. The maximum Gasteiger partial charge on any atom is 0.321 e. The fourth-order valence-electron chi connectivity index (χ4n) is 5.75. The number of anilines is 1. The molecule has 2 aromatic carbocycles. The predicted octanol–water partition coefficient (Wildman–Crippen LogP) is 4.97. The van der Waals surface area contributed by atoms with E-state index in [1.807, 2.05) is 35.8 Å². The minimum atomic E-state index is -0.0639. The van der Waals surface area contributed by atoms with Crippen LogP contribution in [-0.2, 0) is 4.79 Å². The van der Waals surface area contributed by atoms with E-state index in [1.54, 1.807) is 18.2 Å². The number of ketones is 1. The summed E-state index contributed by atoms with van der Waals surface area (Å²) in [7, 11) is 0. The van der Waals surface area contributed by atoms with Gasteiger partial charge < -0.3 is 24.6 Å². The monoisotopic (exact) mass is 519 g/mol. The molecule has 3 aliphatic heterocycles. The van der Waals surface area contributed by atoms with Crippen molar-refractivity contribution in [3.05, 3.63) is 53.1 Å². The second kappa shape index (κ2) is 11.1. The number of benzene rings is 2. The fraction of sp³-hybridized carbons (Fsp3) is 0.500. The molecule has 38 heavy (non-hydrogen) atoms. The van der Waals surface area contributed by atoms with Gasteiger partial charge in [0.15, 0.2) is 17.3 Å². The number of Topliss-reactive ketones (excluding diaryl/α,β-unsaturated/α-hetero) is 1. The van der Waals surface area contributed by atoms with Crippen molar-refractivity contribution in [1.82, 2.24) is 9.80 Å². The standard InChI is InChI=1S/C30H37N3O5/c1-21-4-6-24(22(2)18-21)31-29(36)32-13-10-30(11-14-32)12-15-33(20-30)28(35)9-7-25(34)23-5-8-26-27(19-23)38-17-3-16-37-26/h4-6,8,18-19H,3,7,9-17,20H2,1-2H3,(H,31,36). The van der Waals surface area contributed by atoms with Crippen molar-refractivity contribution in [2.24, 2.45) is 5.41 Å². The number of nitrogens with one attached hydrogen (secondary N) is 1. The summed E-state index contributed by atoms with van der Waals surface area (Å²) in [5.74, 6) is 1.21. The van der Waals surface area contributed by atoms with E-state index in [-0.39, 0.29) is 36.0 Å². The molecular formula is C30H37N3O5. The van der Waals surface area contributed by atoms with Crippen LogP contribution in [-0.4, -0.2) is 66.9 Å². The first-order valence-corrected chi connectivity index (χ1v) is 13.7. The molecule has 2 saturated heterocycles. The molecule has 5 rings (SSSR count). The second-order valence-electron chi connectivity index (χ2n) is 10.9. The number of carbonyl (C=O) groups is 3. The predicted molar refractivity (Wildman–Crippen MR) is 145 cm³/mol.